The van der Waals surface area contributed by atoms with Gasteiger partial charge in [0.15, 0.2) is 0 Å². The molecule has 0 bridgehead atoms. The fourth-order valence-electron chi connectivity index (χ4n) is 1.22. The van der Waals surface area contributed by atoms with Crippen LogP contribution in [0.4, 0.5) is 10.1 Å². The van der Waals surface area contributed by atoms with Crippen LogP contribution < -0.4 is 11.1 Å². The molecule has 1 atom stereocenters. The molecule has 17 heavy (non-hydrogen) atoms. The van der Waals surface area contributed by atoms with E-state index in [9.17, 15) is 9.18 Å². The molecule has 1 unspecified atom stereocenters. The Morgan fingerprint density at radius 1 is 1.59 bits per heavy atom. The van der Waals surface area contributed by atoms with Crippen molar-refractivity contribution in [1.29, 1.82) is 0 Å². The molecule has 1 rings (SSSR count). The fraction of sp³-hybridized carbons (Fsp3) is 0.364. The molecule has 6 heteroatoms. The molecular weight excluding hydrogens is 247 g/mol. The van der Waals surface area contributed by atoms with Gasteiger partial charge in [-0.3, -0.25) is 4.79 Å². The average molecular weight is 263 g/mol. The molecule has 0 aromatic heterocycles. The van der Waals surface area contributed by atoms with E-state index in [0.29, 0.717) is 11.3 Å². The van der Waals surface area contributed by atoms with Crippen LogP contribution in [0.1, 0.15) is 5.56 Å². The van der Waals surface area contributed by atoms with Gasteiger partial charge in [-0.1, -0.05) is 6.07 Å². The van der Waals surface area contributed by atoms with Crippen molar-refractivity contribution in [1.82, 2.24) is 0 Å². The fourth-order valence-corrected chi connectivity index (χ4v) is 1.22. The lowest BCUT2D eigenvalue weighted by molar-refractivity contribution is -0.118. The standard InChI is InChI=1S/C11H15FN2O2.ClH/c1-7-8(12)4-3-5-10(7)14-11(15)9(13)6-16-2;/h3-5,9H,6,13H2,1-2H3,(H,14,15);1H. The highest BCUT2D eigenvalue weighted by Gasteiger charge is 2.14. The minimum absolute atomic E-state index is 0. The van der Waals surface area contributed by atoms with Gasteiger partial charge in [0.05, 0.1) is 6.61 Å². The number of amides is 1. The van der Waals surface area contributed by atoms with Gasteiger partial charge in [-0.2, -0.15) is 0 Å². The molecule has 0 saturated carbocycles. The Hall–Kier alpha value is -1.17. The highest BCUT2D eigenvalue weighted by molar-refractivity contribution is 5.95. The zero-order valence-corrected chi connectivity index (χ0v) is 10.5. The number of nitrogens with two attached hydrogens (primary N) is 1. The van der Waals surface area contributed by atoms with Crippen molar-refractivity contribution in [2.24, 2.45) is 5.73 Å². The maximum atomic E-state index is 13.2. The van der Waals surface area contributed by atoms with E-state index in [0.717, 1.165) is 0 Å². The van der Waals surface area contributed by atoms with Gasteiger partial charge in [-0.25, -0.2) is 4.39 Å². The molecule has 96 valence electrons. The molecule has 4 nitrogen and oxygen atoms in total. The zero-order valence-electron chi connectivity index (χ0n) is 9.70. The number of carbonyl (C=O) groups excluding carboxylic acids is 1. The quantitative estimate of drug-likeness (QED) is 0.864. The number of nitrogens with one attached hydrogen (secondary N) is 1. The van der Waals surface area contributed by atoms with Crippen LogP contribution in [0.5, 0.6) is 0 Å². The number of methoxy groups -OCH3 is 1. The smallest absolute Gasteiger partial charge is 0.243 e. The van der Waals surface area contributed by atoms with E-state index in [4.69, 9.17) is 10.5 Å². The molecule has 0 spiro atoms. The molecule has 0 aliphatic carbocycles. The molecule has 1 aromatic rings. The second kappa shape index (κ2) is 7.21. The lowest BCUT2D eigenvalue weighted by Gasteiger charge is -2.13. The maximum absolute atomic E-state index is 13.2. The summed E-state index contributed by atoms with van der Waals surface area (Å²) in [5, 5.41) is 2.55. The van der Waals surface area contributed by atoms with Crippen LogP contribution in [0.2, 0.25) is 0 Å². The Kier molecular flexibility index (Phi) is 6.72. The number of rotatable bonds is 4. The normalized spacial score (nSPS) is 11.5. The van der Waals surface area contributed by atoms with Gasteiger partial charge >= 0.3 is 0 Å². The summed E-state index contributed by atoms with van der Waals surface area (Å²) < 4.78 is 17.9. The summed E-state index contributed by atoms with van der Waals surface area (Å²) in [6.45, 7) is 1.72. The van der Waals surface area contributed by atoms with Gasteiger partial charge in [0.1, 0.15) is 11.9 Å². The minimum Gasteiger partial charge on any atom is -0.383 e. The van der Waals surface area contributed by atoms with Crippen LogP contribution in [0.3, 0.4) is 0 Å². The number of benzene rings is 1. The molecular formula is C11H16ClFN2O2. The molecule has 0 aliphatic heterocycles. The van der Waals surface area contributed by atoms with Crippen LogP contribution in [0, 0.1) is 12.7 Å². The zero-order chi connectivity index (χ0) is 12.1. The van der Waals surface area contributed by atoms with Crippen molar-refractivity contribution >= 4 is 24.0 Å². The van der Waals surface area contributed by atoms with E-state index in [1.54, 1.807) is 13.0 Å². The number of ether oxygens (including phenoxy) is 1. The van der Waals surface area contributed by atoms with E-state index in [1.165, 1.54) is 19.2 Å². The maximum Gasteiger partial charge on any atom is 0.243 e. The molecule has 1 aromatic carbocycles. The number of anilines is 1. The second-order valence-corrected chi connectivity index (χ2v) is 3.46. The summed E-state index contributed by atoms with van der Waals surface area (Å²) in [6.07, 6.45) is 0. The number of halogens is 2. The summed E-state index contributed by atoms with van der Waals surface area (Å²) in [5.74, 6) is -0.756. The van der Waals surface area contributed by atoms with Crippen molar-refractivity contribution in [2.45, 2.75) is 13.0 Å². The van der Waals surface area contributed by atoms with Crippen molar-refractivity contribution in [2.75, 3.05) is 19.0 Å². The van der Waals surface area contributed by atoms with Gasteiger partial charge in [-0.05, 0) is 19.1 Å². The number of carbonyl (C=O) groups is 1. The van der Waals surface area contributed by atoms with Gasteiger partial charge < -0.3 is 15.8 Å². The number of hydrogen-bond acceptors (Lipinski definition) is 3. The van der Waals surface area contributed by atoms with E-state index < -0.39 is 11.9 Å². The summed E-state index contributed by atoms with van der Waals surface area (Å²) >= 11 is 0. The Labute approximate surface area is 106 Å². The molecule has 1 amide bonds. The number of hydrogen-bond donors (Lipinski definition) is 2. The van der Waals surface area contributed by atoms with Crippen molar-refractivity contribution < 1.29 is 13.9 Å². The first-order chi connectivity index (χ1) is 7.56. The van der Waals surface area contributed by atoms with E-state index in [2.05, 4.69) is 5.32 Å². The van der Waals surface area contributed by atoms with Gasteiger partial charge in [0.25, 0.3) is 0 Å². The molecule has 0 radical (unpaired) electrons. The summed E-state index contributed by atoms with van der Waals surface area (Å²) in [4.78, 5) is 11.5. The van der Waals surface area contributed by atoms with E-state index in [-0.39, 0.29) is 24.8 Å². The molecule has 0 aliphatic rings. The van der Waals surface area contributed by atoms with Crippen LogP contribution in [0.25, 0.3) is 0 Å². The Morgan fingerprint density at radius 2 is 2.24 bits per heavy atom. The second-order valence-electron chi connectivity index (χ2n) is 3.46. The highest BCUT2D eigenvalue weighted by atomic mass is 35.5. The first kappa shape index (κ1) is 15.8. The molecule has 0 fully saturated rings. The van der Waals surface area contributed by atoms with Gasteiger partial charge in [0.2, 0.25) is 5.91 Å². The summed E-state index contributed by atoms with van der Waals surface area (Å²) in [6, 6.07) is 3.73. The van der Waals surface area contributed by atoms with Crippen molar-refractivity contribution in [3.8, 4) is 0 Å². The SMILES string of the molecule is COCC(N)C(=O)Nc1cccc(F)c1C.Cl. The molecule has 0 saturated heterocycles. The average Bonchev–Trinajstić information content (AvgIpc) is 2.25. The molecule has 0 heterocycles. The topological polar surface area (TPSA) is 64.3 Å². The first-order valence-corrected chi connectivity index (χ1v) is 4.86. The third kappa shape index (κ3) is 4.30. The third-order valence-corrected chi connectivity index (χ3v) is 2.21. The first-order valence-electron chi connectivity index (χ1n) is 4.86. The lowest BCUT2D eigenvalue weighted by Crippen LogP contribution is -2.39. The minimum atomic E-state index is -0.757. The predicted octanol–water partition coefficient (Wildman–Crippen LogP) is 1.47. The van der Waals surface area contributed by atoms with E-state index >= 15 is 0 Å². The largest absolute Gasteiger partial charge is 0.383 e. The summed E-state index contributed by atoms with van der Waals surface area (Å²) in [7, 11) is 1.46. The van der Waals surface area contributed by atoms with Crippen molar-refractivity contribution in [3.05, 3.63) is 29.6 Å². The van der Waals surface area contributed by atoms with Crippen LogP contribution in [-0.4, -0.2) is 25.7 Å². The van der Waals surface area contributed by atoms with Gasteiger partial charge in [-0.15, -0.1) is 12.4 Å². The molecule has 3 N–H and O–H groups in total. The Bertz CT molecular complexity index is 388. The third-order valence-electron chi connectivity index (χ3n) is 2.21. The van der Waals surface area contributed by atoms with Crippen molar-refractivity contribution in [3.63, 3.8) is 0 Å². The Morgan fingerprint density at radius 3 is 2.82 bits per heavy atom. The van der Waals surface area contributed by atoms with Gasteiger partial charge in [0, 0.05) is 18.4 Å². The van der Waals surface area contributed by atoms with E-state index in [1.807, 2.05) is 0 Å². The van der Waals surface area contributed by atoms with Crippen LogP contribution in [0.15, 0.2) is 18.2 Å². The monoisotopic (exact) mass is 262 g/mol. The predicted molar refractivity (Wildman–Crippen MR) is 66.9 cm³/mol. The van der Waals surface area contributed by atoms with Crippen LogP contribution >= 0.6 is 12.4 Å². The summed E-state index contributed by atoms with van der Waals surface area (Å²) in [5.41, 5.74) is 6.35. The highest BCUT2D eigenvalue weighted by Crippen LogP contribution is 2.17. The Balaban J connectivity index is 0.00000256. The lowest BCUT2D eigenvalue weighted by atomic mass is 10.2. The van der Waals surface area contributed by atoms with Crippen LogP contribution in [-0.2, 0) is 9.53 Å².